The molecule has 2 N–H and O–H groups in total. The maximum atomic E-state index is 11.0. The Hall–Kier alpha value is -2.24. The molecule has 1 aromatic carbocycles. The number of carboxylic acids is 1. The lowest BCUT2D eigenvalue weighted by Gasteiger charge is -2.14. The number of methoxy groups -OCH3 is 2. The largest absolute Gasteiger partial charge is 0.497 e. The smallest absolute Gasteiger partial charge is 0.407 e. The molecule has 0 spiro atoms. The predicted molar refractivity (Wildman–Crippen MR) is 79.4 cm³/mol. The van der Waals surface area contributed by atoms with Crippen molar-refractivity contribution in [3.63, 3.8) is 0 Å². The quantitative estimate of drug-likeness (QED) is 0.892. The number of carbonyl (C=O) groups is 2. The summed E-state index contributed by atoms with van der Waals surface area (Å²) in [5, 5.41) is 11.2. The summed E-state index contributed by atoms with van der Waals surface area (Å²) in [4.78, 5) is 22.0. The van der Waals surface area contributed by atoms with Crippen molar-refractivity contribution in [3.05, 3.63) is 29.8 Å². The Kier molecular flexibility index (Phi) is 8.60. The SMILES string of the molecule is CC(C)C.COC(=O)NC(C(=O)O)c1ccc(OC)cc1. The lowest BCUT2D eigenvalue weighted by molar-refractivity contribution is -0.139. The van der Waals surface area contributed by atoms with Gasteiger partial charge in [-0.3, -0.25) is 0 Å². The van der Waals surface area contributed by atoms with E-state index in [0.717, 1.165) is 5.92 Å². The maximum Gasteiger partial charge on any atom is 0.407 e. The number of carbonyl (C=O) groups excluding carboxylic acids is 1. The van der Waals surface area contributed by atoms with Crippen LogP contribution in [0.3, 0.4) is 0 Å². The molecule has 1 amide bonds. The number of ether oxygens (including phenoxy) is 2. The van der Waals surface area contributed by atoms with Gasteiger partial charge in [0.05, 0.1) is 14.2 Å². The lowest BCUT2D eigenvalue weighted by Crippen LogP contribution is -2.33. The maximum absolute atomic E-state index is 11.0. The van der Waals surface area contributed by atoms with Crippen LogP contribution < -0.4 is 10.1 Å². The molecular formula is C15H23NO5. The van der Waals surface area contributed by atoms with Crippen LogP contribution in [0.15, 0.2) is 24.3 Å². The fraction of sp³-hybridized carbons (Fsp3) is 0.467. The Morgan fingerprint density at radius 1 is 1.10 bits per heavy atom. The van der Waals surface area contributed by atoms with Gasteiger partial charge in [-0.25, -0.2) is 9.59 Å². The Morgan fingerprint density at radius 3 is 1.90 bits per heavy atom. The minimum Gasteiger partial charge on any atom is -0.497 e. The Morgan fingerprint density at radius 2 is 1.57 bits per heavy atom. The van der Waals surface area contributed by atoms with Gasteiger partial charge in [-0.05, 0) is 23.6 Å². The molecule has 1 atom stereocenters. The number of carboxylic acid groups (broad SMARTS) is 1. The number of benzene rings is 1. The van der Waals surface area contributed by atoms with E-state index in [1.165, 1.54) is 14.2 Å². The summed E-state index contributed by atoms with van der Waals surface area (Å²) in [5.74, 6) is 0.275. The zero-order valence-electron chi connectivity index (χ0n) is 13.0. The molecule has 0 saturated carbocycles. The summed E-state index contributed by atoms with van der Waals surface area (Å²) < 4.78 is 9.31. The zero-order valence-corrected chi connectivity index (χ0v) is 13.0. The normalized spacial score (nSPS) is 11.0. The second kappa shape index (κ2) is 9.63. The van der Waals surface area contributed by atoms with E-state index < -0.39 is 18.1 Å². The molecule has 1 aromatic rings. The number of hydrogen-bond acceptors (Lipinski definition) is 4. The van der Waals surface area contributed by atoms with Gasteiger partial charge >= 0.3 is 12.1 Å². The molecule has 118 valence electrons. The molecule has 6 nitrogen and oxygen atoms in total. The Balaban J connectivity index is 0.000000885. The van der Waals surface area contributed by atoms with Gasteiger partial charge in [0, 0.05) is 0 Å². The summed E-state index contributed by atoms with van der Waals surface area (Å²) in [5.41, 5.74) is 0.434. The summed E-state index contributed by atoms with van der Waals surface area (Å²) in [7, 11) is 2.68. The van der Waals surface area contributed by atoms with Crippen LogP contribution in [0, 0.1) is 5.92 Å². The molecule has 0 aliphatic carbocycles. The number of amides is 1. The molecule has 0 aliphatic heterocycles. The highest BCUT2D eigenvalue weighted by Gasteiger charge is 2.22. The van der Waals surface area contributed by atoms with E-state index in [-0.39, 0.29) is 0 Å². The molecule has 0 radical (unpaired) electrons. The third kappa shape index (κ3) is 7.81. The molecule has 0 saturated heterocycles. The number of hydrogen-bond donors (Lipinski definition) is 2. The first kappa shape index (κ1) is 18.8. The molecule has 1 unspecified atom stereocenters. The van der Waals surface area contributed by atoms with Crippen LogP contribution in [-0.2, 0) is 9.53 Å². The lowest BCUT2D eigenvalue weighted by atomic mass is 10.1. The van der Waals surface area contributed by atoms with Crippen LogP contribution in [-0.4, -0.2) is 31.4 Å². The monoisotopic (exact) mass is 297 g/mol. The Labute approximate surface area is 125 Å². The molecule has 6 heteroatoms. The molecule has 0 aromatic heterocycles. The third-order valence-electron chi connectivity index (χ3n) is 2.14. The molecule has 1 rings (SSSR count). The van der Waals surface area contributed by atoms with Crippen molar-refractivity contribution in [3.8, 4) is 5.75 Å². The first-order valence-electron chi connectivity index (χ1n) is 6.53. The first-order chi connectivity index (χ1) is 9.81. The van der Waals surface area contributed by atoms with E-state index >= 15 is 0 Å². The second-order valence-electron chi connectivity index (χ2n) is 4.91. The average Bonchev–Trinajstić information content (AvgIpc) is 2.43. The second-order valence-corrected chi connectivity index (χ2v) is 4.91. The molecule has 0 aliphatic rings. The van der Waals surface area contributed by atoms with E-state index in [0.29, 0.717) is 11.3 Å². The number of rotatable bonds is 4. The van der Waals surface area contributed by atoms with Gasteiger partial charge in [0.15, 0.2) is 6.04 Å². The van der Waals surface area contributed by atoms with E-state index in [1.807, 2.05) is 0 Å². The van der Waals surface area contributed by atoms with Gasteiger partial charge in [-0.15, -0.1) is 0 Å². The van der Waals surface area contributed by atoms with Crippen LogP contribution in [0.2, 0.25) is 0 Å². The fourth-order valence-corrected chi connectivity index (χ4v) is 1.26. The van der Waals surface area contributed by atoms with Crippen LogP contribution in [0.25, 0.3) is 0 Å². The molecule has 0 bridgehead atoms. The summed E-state index contributed by atoms with van der Waals surface area (Å²) >= 11 is 0. The van der Waals surface area contributed by atoms with Gasteiger partial charge < -0.3 is 19.9 Å². The topological polar surface area (TPSA) is 84.9 Å². The number of aliphatic carboxylic acids is 1. The third-order valence-corrected chi connectivity index (χ3v) is 2.14. The van der Waals surface area contributed by atoms with E-state index in [1.54, 1.807) is 24.3 Å². The number of alkyl carbamates (subject to hydrolysis) is 1. The minimum atomic E-state index is -1.17. The van der Waals surface area contributed by atoms with Gasteiger partial charge in [0.2, 0.25) is 0 Å². The van der Waals surface area contributed by atoms with Gasteiger partial charge in [0.1, 0.15) is 5.75 Å². The highest BCUT2D eigenvalue weighted by atomic mass is 16.5. The number of nitrogens with one attached hydrogen (secondary N) is 1. The summed E-state index contributed by atoms with van der Waals surface area (Å²) in [6.45, 7) is 6.50. The fourth-order valence-electron chi connectivity index (χ4n) is 1.26. The van der Waals surface area contributed by atoms with Crippen molar-refractivity contribution >= 4 is 12.1 Å². The highest BCUT2D eigenvalue weighted by molar-refractivity contribution is 5.81. The van der Waals surface area contributed by atoms with Crippen LogP contribution in [0.1, 0.15) is 32.4 Å². The van der Waals surface area contributed by atoms with Crippen LogP contribution >= 0.6 is 0 Å². The van der Waals surface area contributed by atoms with Gasteiger partial charge in [0.25, 0.3) is 0 Å². The molecular weight excluding hydrogens is 274 g/mol. The van der Waals surface area contributed by atoms with E-state index in [2.05, 4.69) is 30.8 Å². The first-order valence-corrected chi connectivity index (χ1v) is 6.53. The van der Waals surface area contributed by atoms with Crippen LogP contribution in [0.4, 0.5) is 4.79 Å². The van der Waals surface area contributed by atoms with E-state index in [4.69, 9.17) is 9.84 Å². The van der Waals surface area contributed by atoms with Crippen LogP contribution in [0.5, 0.6) is 5.75 Å². The van der Waals surface area contributed by atoms with Crippen molar-refractivity contribution in [2.75, 3.05) is 14.2 Å². The molecule has 21 heavy (non-hydrogen) atoms. The van der Waals surface area contributed by atoms with Crippen molar-refractivity contribution in [1.82, 2.24) is 5.32 Å². The standard InChI is InChI=1S/C11H13NO5.C4H10/c1-16-8-5-3-7(4-6-8)9(10(13)14)12-11(15)17-2;1-4(2)3/h3-6,9H,1-2H3,(H,12,15)(H,13,14);4H,1-3H3. The van der Waals surface area contributed by atoms with Crippen molar-refractivity contribution in [2.24, 2.45) is 5.92 Å². The average molecular weight is 297 g/mol. The van der Waals surface area contributed by atoms with Crippen molar-refractivity contribution in [2.45, 2.75) is 26.8 Å². The summed E-state index contributed by atoms with van der Waals surface area (Å²) in [6, 6.07) is 5.21. The summed E-state index contributed by atoms with van der Waals surface area (Å²) in [6.07, 6.45) is -0.798. The van der Waals surface area contributed by atoms with Crippen molar-refractivity contribution < 1.29 is 24.2 Å². The van der Waals surface area contributed by atoms with Gasteiger partial charge in [-0.1, -0.05) is 32.9 Å². The zero-order chi connectivity index (χ0) is 16.4. The minimum absolute atomic E-state index is 0.434. The Bertz CT molecular complexity index is 439. The van der Waals surface area contributed by atoms with Gasteiger partial charge in [-0.2, -0.15) is 0 Å². The predicted octanol–water partition coefficient (Wildman–Crippen LogP) is 2.84. The van der Waals surface area contributed by atoms with Crippen molar-refractivity contribution in [1.29, 1.82) is 0 Å². The van der Waals surface area contributed by atoms with E-state index in [9.17, 15) is 9.59 Å². The molecule has 0 heterocycles. The molecule has 0 fully saturated rings. The highest BCUT2D eigenvalue weighted by Crippen LogP contribution is 2.18.